The number of carbonyl (C=O) groups excluding carboxylic acids is 1. The molecule has 0 saturated carbocycles. The van der Waals surface area contributed by atoms with E-state index < -0.39 is 5.76 Å². The maximum absolute atomic E-state index is 13.1. The van der Waals surface area contributed by atoms with Gasteiger partial charge in [0.05, 0.1) is 5.52 Å². The molecule has 9 heteroatoms. The number of hydrogen-bond acceptors (Lipinski definition) is 6. The highest BCUT2D eigenvalue weighted by Gasteiger charge is 2.27. The van der Waals surface area contributed by atoms with E-state index in [0.29, 0.717) is 36.5 Å². The first-order valence-corrected chi connectivity index (χ1v) is 10.5. The van der Waals surface area contributed by atoms with Crippen molar-refractivity contribution in [3.8, 4) is 5.88 Å². The fraction of sp³-hybridized carbons (Fsp3) is 0.304. The highest BCUT2D eigenvalue weighted by molar-refractivity contribution is 5.79. The van der Waals surface area contributed by atoms with E-state index in [4.69, 9.17) is 9.15 Å². The zero-order valence-electron chi connectivity index (χ0n) is 17.9. The predicted molar refractivity (Wildman–Crippen MR) is 116 cm³/mol. The Bertz CT molecular complexity index is 1370. The molecular weight excluding hydrogens is 410 g/mol. The molecular formula is C23H23N5O4. The van der Waals surface area contributed by atoms with Gasteiger partial charge in [0.1, 0.15) is 18.8 Å². The Morgan fingerprint density at radius 1 is 1.19 bits per heavy atom. The lowest BCUT2D eigenvalue weighted by Gasteiger charge is -2.27. The van der Waals surface area contributed by atoms with Crippen LogP contribution in [0.5, 0.6) is 5.88 Å². The Labute approximate surface area is 183 Å². The molecule has 0 atom stereocenters. The summed E-state index contributed by atoms with van der Waals surface area (Å²) in [6.07, 6.45) is 0.689. The molecule has 1 aliphatic rings. The quantitative estimate of drug-likeness (QED) is 0.479. The van der Waals surface area contributed by atoms with Gasteiger partial charge in [0.25, 0.3) is 0 Å². The highest BCUT2D eigenvalue weighted by Crippen LogP contribution is 2.24. The third-order valence-electron chi connectivity index (χ3n) is 5.76. The summed E-state index contributed by atoms with van der Waals surface area (Å²) in [5.74, 6) is -0.127. The van der Waals surface area contributed by atoms with Crippen molar-refractivity contribution in [2.24, 2.45) is 7.05 Å². The molecule has 5 rings (SSSR count). The Morgan fingerprint density at radius 3 is 2.88 bits per heavy atom. The molecule has 0 bridgehead atoms. The number of oxazole rings is 1. The van der Waals surface area contributed by atoms with Crippen LogP contribution in [0.1, 0.15) is 22.6 Å². The van der Waals surface area contributed by atoms with Crippen LogP contribution in [0.4, 0.5) is 0 Å². The molecule has 0 spiro atoms. The number of carbonyl (C=O) groups is 1. The summed E-state index contributed by atoms with van der Waals surface area (Å²) in [5.41, 5.74) is 4.84. The first kappa shape index (κ1) is 20.0. The zero-order valence-corrected chi connectivity index (χ0v) is 17.9. The van der Waals surface area contributed by atoms with E-state index in [2.05, 4.69) is 10.1 Å². The van der Waals surface area contributed by atoms with Crippen LogP contribution in [-0.2, 0) is 38.0 Å². The van der Waals surface area contributed by atoms with E-state index in [-0.39, 0.29) is 19.1 Å². The van der Waals surface area contributed by atoms with Gasteiger partial charge in [0.15, 0.2) is 5.58 Å². The van der Waals surface area contributed by atoms with Gasteiger partial charge >= 0.3 is 5.76 Å². The van der Waals surface area contributed by atoms with Gasteiger partial charge in [0, 0.05) is 49.6 Å². The number of rotatable bonds is 5. The molecule has 0 aliphatic carbocycles. The third kappa shape index (κ3) is 3.66. The van der Waals surface area contributed by atoms with Crippen LogP contribution in [0.2, 0.25) is 0 Å². The van der Waals surface area contributed by atoms with E-state index in [1.165, 1.54) is 4.57 Å². The van der Waals surface area contributed by atoms with Crippen molar-refractivity contribution in [2.45, 2.75) is 33.0 Å². The first-order chi connectivity index (χ1) is 15.5. The van der Waals surface area contributed by atoms with Gasteiger partial charge in [-0.05, 0) is 25.1 Å². The SMILES string of the molecule is Cc1cccc(OCc2nn(C)c3c2CN(C(=O)Cn2c(=O)oc4ccccc42)CC3)n1. The lowest BCUT2D eigenvalue weighted by atomic mass is 10.1. The average Bonchev–Trinajstić information content (AvgIpc) is 3.28. The van der Waals surface area contributed by atoms with E-state index in [1.807, 2.05) is 42.9 Å². The van der Waals surface area contributed by atoms with Crippen LogP contribution in [0.15, 0.2) is 51.7 Å². The van der Waals surface area contributed by atoms with E-state index in [9.17, 15) is 9.59 Å². The number of benzene rings is 1. The number of aromatic nitrogens is 4. The van der Waals surface area contributed by atoms with Crippen molar-refractivity contribution in [3.05, 3.63) is 75.7 Å². The molecule has 3 aromatic heterocycles. The normalized spacial score (nSPS) is 13.4. The number of hydrogen-bond donors (Lipinski definition) is 0. The Morgan fingerprint density at radius 2 is 2.03 bits per heavy atom. The van der Waals surface area contributed by atoms with Crippen molar-refractivity contribution in [1.82, 2.24) is 24.2 Å². The fourth-order valence-corrected chi connectivity index (χ4v) is 4.14. The van der Waals surface area contributed by atoms with Crippen LogP contribution < -0.4 is 10.5 Å². The summed E-state index contributed by atoms with van der Waals surface area (Å²) in [5, 5.41) is 4.61. The van der Waals surface area contributed by atoms with Crippen molar-refractivity contribution < 1.29 is 13.9 Å². The average molecular weight is 433 g/mol. The second kappa shape index (κ2) is 7.99. The van der Waals surface area contributed by atoms with Gasteiger partial charge in [-0.1, -0.05) is 18.2 Å². The number of amides is 1. The van der Waals surface area contributed by atoms with Crippen molar-refractivity contribution in [1.29, 1.82) is 0 Å². The lowest BCUT2D eigenvalue weighted by Crippen LogP contribution is -2.39. The molecule has 0 N–H and O–H groups in total. The van der Waals surface area contributed by atoms with Gasteiger partial charge in [-0.3, -0.25) is 14.0 Å². The number of ether oxygens (including phenoxy) is 1. The molecule has 32 heavy (non-hydrogen) atoms. The lowest BCUT2D eigenvalue weighted by molar-refractivity contribution is -0.132. The largest absolute Gasteiger partial charge is 0.471 e. The predicted octanol–water partition coefficient (Wildman–Crippen LogP) is 2.20. The van der Waals surface area contributed by atoms with Crippen molar-refractivity contribution >= 4 is 17.0 Å². The number of nitrogens with zero attached hydrogens (tertiary/aromatic N) is 5. The summed E-state index contributed by atoms with van der Waals surface area (Å²) in [6.45, 7) is 3.10. The summed E-state index contributed by atoms with van der Waals surface area (Å²) in [7, 11) is 1.90. The molecule has 1 aromatic carbocycles. The second-order valence-corrected chi connectivity index (χ2v) is 7.89. The molecule has 164 valence electrons. The number of para-hydroxylation sites is 2. The molecule has 0 unspecified atom stereocenters. The van der Waals surface area contributed by atoms with E-state index >= 15 is 0 Å². The van der Waals surface area contributed by atoms with Crippen LogP contribution in [-0.4, -0.2) is 36.7 Å². The number of aryl methyl sites for hydroxylation is 2. The Balaban J connectivity index is 1.34. The van der Waals surface area contributed by atoms with Crippen LogP contribution in [0, 0.1) is 6.92 Å². The minimum Gasteiger partial charge on any atom is -0.471 e. The molecule has 9 nitrogen and oxygen atoms in total. The molecule has 4 aromatic rings. The molecule has 4 heterocycles. The maximum Gasteiger partial charge on any atom is 0.420 e. The first-order valence-electron chi connectivity index (χ1n) is 10.5. The summed E-state index contributed by atoms with van der Waals surface area (Å²) < 4.78 is 14.3. The van der Waals surface area contributed by atoms with Crippen LogP contribution >= 0.6 is 0 Å². The minimum atomic E-state index is -0.529. The molecule has 1 aliphatic heterocycles. The minimum absolute atomic E-state index is 0.0650. The van der Waals surface area contributed by atoms with Crippen LogP contribution in [0.25, 0.3) is 11.1 Å². The van der Waals surface area contributed by atoms with Crippen LogP contribution in [0.3, 0.4) is 0 Å². The highest BCUT2D eigenvalue weighted by atomic mass is 16.5. The van der Waals surface area contributed by atoms with Gasteiger partial charge in [-0.2, -0.15) is 5.10 Å². The van der Waals surface area contributed by atoms with Crippen molar-refractivity contribution in [3.63, 3.8) is 0 Å². The molecule has 1 amide bonds. The molecule has 0 saturated heterocycles. The molecule has 0 fully saturated rings. The summed E-state index contributed by atoms with van der Waals surface area (Å²) in [4.78, 5) is 31.4. The van der Waals surface area contributed by atoms with E-state index in [1.54, 1.807) is 23.1 Å². The summed E-state index contributed by atoms with van der Waals surface area (Å²) in [6, 6.07) is 12.7. The topological polar surface area (TPSA) is 95.4 Å². The Kier molecular flexibility index (Phi) is 5.01. The van der Waals surface area contributed by atoms with Gasteiger partial charge in [0.2, 0.25) is 11.8 Å². The summed E-state index contributed by atoms with van der Waals surface area (Å²) >= 11 is 0. The fourth-order valence-electron chi connectivity index (χ4n) is 4.14. The standard InChI is InChI=1S/C23H23N5O4/c1-15-6-5-9-21(24-15)31-14-17-16-12-27(11-10-18(16)26(2)25-17)22(29)13-28-19-7-3-4-8-20(19)32-23(28)30/h3-9H,10-14H2,1-2H3. The maximum atomic E-state index is 13.1. The second-order valence-electron chi connectivity index (χ2n) is 7.89. The zero-order chi connectivity index (χ0) is 22.2. The third-order valence-corrected chi connectivity index (χ3v) is 5.76. The molecule has 0 radical (unpaired) electrons. The van der Waals surface area contributed by atoms with Crippen molar-refractivity contribution in [2.75, 3.05) is 6.54 Å². The monoisotopic (exact) mass is 433 g/mol. The smallest absolute Gasteiger partial charge is 0.420 e. The number of fused-ring (bicyclic) bond motifs is 2. The van der Waals surface area contributed by atoms with Gasteiger partial charge in [-0.15, -0.1) is 0 Å². The van der Waals surface area contributed by atoms with Gasteiger partial charge < -0.3 is 14.1 Å². The van der Waals surface area contributed by atoms with E-state index in [0.717, 1.165) is 22.6 Å². The van der Waals surface area contributed by atoms with Gasteiger partial charge in [-0.25, -0.2) is 9.78 Å². The Hall–Kier alpha value is -3.88. The number of pyridine rings is 1.